The molecule has 1 N–H and O–H groups in total. The van der Waals surface area contributed by atoms with Gasteiger partial charge in [-0.05, 0) is 19.1 Å². The smallest absolute Gasteiger partial charge is 0.375 e. The highest BCUT2D eigenvalue weighted by molar-refractivity contribution is 5.88. The van der Waals surface area contributed by atoms with Crippen LogP contribution in [0.5, 0.6) is 5.75 Å². The van der Waals surface area contributed by atoms with Crippen LogP contribution in [0, 0.1) is 6.92 Å². The lowest BCUT2D eigenvalue weighted by atomic mass is 10.1. The first-order valence-electron chi connectivity index (χ1n) is 4.97. The maximum Gasteiger partial charge on any atom is 0.375 e. The molecular weight excluding hydrogens is 222 g/mol. The molecule has 0 unspecified atom stereocenters. The molecule has 0 aliphatic heterocycles. The minimum absolute atomic E-state index is 0.136. The van der Waals surface area contributed by atoms with E-state index in [0.29, 0.717) is 17.0 Å². The molecule has 0 saturated carbocycles. The van der Waals surface area contributed by atoms with E-state index >= 15 is 0 Å². The summed E-state index contributed by atoms with van der Waals surface area (Å²) < 4.78 is 9.89. The maximum atomic E-state index is 10.8. The van der Waals surface area contributed by atoms with Crippen LogP contribution in [-0.4, -0.2) is 23.3 Å². The zero-order valence-corrected chi connectivity index (χ0v) is 9.43. The zero-order chi connectivity index (χ0) is 12.4. The summed E-state index contributed by atoms with van der Waals surface area (Å²) in [5, 5.41) is 12.6. The highest BCUT2D eigenvalue weighted by Gasteiger charge is 2.19. The number of ether oxygens (including phenoxy) is 1. The topological polar surface area (TPSA) is 72.6 Å². The predicted molar refractivity (Wildman–Crippen MR) is 60.2 cm³/mol. The largest absolute Gasteiger partial charge is 0.497 e. The van der Waals surface area contributed by atoms with Gasteiger partial charge in [-0.3, -0.25) is 0 Å². The second-order valence-corrected chi connectivity index (χ2v) is 3.52. The summed E-state index contributed by atoms with van der Waals surface area (Å²) in [6, 6.07) is 7.20. The number of nitrogens with zero attached hydrogens (tertiary/aromatic N) is 1. The van der Waals surface area contributed by atoms with Crippen molar-refractivity contribution in [1.29, 1.82) is 0 Å². The van der Waals surface area contributed by atoms with Crippen molar-refractivity contribution in [2.75, 3.05) is 7.11 Å². The van der Waals surface area contributed by atoms with E-state index in [0.717, 1.165) is 5.56 Å². The fraction of sp³-hybridized carbons (Fsp3) is 0.167. The van der Waals surface area contributed by atoms with Crippen LogP contribution in [0.4, 0.5) is 0 Å². The van der Waals surface area contributed by atoms with Crippen molar-refractivity contribution in [3.63, 3.8) is 0 Å². The van der Waals surface area contributed by atoms with Gasteiger partial charge in [-0.2, -0.15) is 0 Å². The Morgan fingerprint density at radius 2 is 2.24 bits per heavy atom. The summed E-state index contributed by atoms with van der Waals surface area (Å²) in [5.41, 5.74) is 1.78. The van der Waals surface area contributed by atoms with E-state index in [1.165, 1.54) is 0 Å². The lowest BCUT2D eigenvalue weighted by Gasteiger charge is -2.01. The molecule has 1 aromatic heterocycles. The molecule has 1 aromatic carbocycles. The fourth-order valence-corrected chi connectivity index (χ4v) is 1.57. The summed E-state index contributed by atoms with van der Waals surface area (Å²) in [6.07, 6.45) is 0. The van der Waals surface area contributed by atoms with E-state index in [4.69, 9.17) is 14.4 Å². The SMILES string of the molecule is COc1cccc(-c2noc(C(=O)O)c2C)c1. The van der Waals surface area contributed by atoms with Crippen molar-refractivity contribution in [2.45, 2.75) is 6.92 Å². The third-order valence-corrected chi connectivity index (χ3v) is 2.46. The number of hydrogen-bond acceptors (Lipinski definition) is 4. The third-order valence-electron chi connectivity index (χ3n) is 2.46. The Morgan fingerprint density at radius 1 is 1.47 bits per heavy atom. The van der Waals surface area contributed by atoms with Crippen LogP contribution in [-0.2, 0) is 0 Å². The molecular formula is C12H11NO4. The average molecular weight is 233 g/mol. The quantitative estimate of drug-likeness (QED) is 0.880. The minimum Gasteiger partial charge on any atom is -0.497 e. The summed E-state index contributed by atoms with van der Waals surface area (Å²) in [7, 11) is 1.57. The molecule has 2 rings (SSSR count). The number of benzene rings is 1. The lowest BCUT2D eigenvalue weighted by molar-refractivity contribution is 0.0651. The summed E-state index contributed by atoms with van der Waals surface area (Å²) >= 11 is 0. The Kier molecular flexibility index (Phi) is 2.82. The molecule has 2 aromatic rings. The number of rotatable bonds is 3. The molecule has 0 fully saturated rings. The number of aromatic carboxylic acids is 1. The van der Waals surface area contributed by atoms with Crippen LogP contribution < -0.4 is 4.74 Å². The number of methoxy groups -OCH3 is 1. The van der Waals surface area contributed by atoms with Gasteiger partial charge < -0.3 is 14.4 Å². The van der Waals surface area contributed by atoms with E-state index < -0.39 is 5.97 Å². The van der Waals surface area contributed by atoms with Crippen molar-refractivity contribution in [3.8, 4) is 17.0 Å². The average Bonchev–Trinajstić information content (AvgIpc) is 2.71. The first-order valence-corrected chi connectivity index (χ1v) is 4.97. The van der Waals surface area contributed by atoms with Gasteiger partial charge in [0.15, 0.2) is 0 Å². The molecule has 0 aliphatic carbocycles. The van der Waals surface area contributed by atoms with Gasteiger partial charge in [0.2, 0.25) is 5.76 Å². The summed E-state index contributed by atoms with van der Waals surface area (Å²) in [5.74, 6) is -0.575. The van der Waals surface area contributed by atoms with Gasteiger partial charge in [0, 0.05) is 11.1 Å². The van der Waals surface area contributed by atoms with E-state index in [-0.39, 0.29) is 5.76 Å². The number of carbonyl (C=O) groups is 1. The second-order valence-electron chi connectivity index (χ2n) is 3.52. The predicted octanol–water partition coefficient (Wildman–Crippen LogP) is 2.36. The van der Waals surface area contributed by atoms with Gasteiger partial charge in [-0.25, -0.2) is 4.79 Å². The monoisotopic (exact) mass is 233 g/mol. The van der Waals surface area contributed by atoms with Crippen LogP contribution >= 0.6 is 0 Å². The molecule has 1 heterocycles. The van der Waals surface area contributed by atoms with Crippen LogP contribution in [0.25, 0.3) is 11.3 Å². The standard InChI is InChI=1S/C12H11NO4/c1-7-10(13-17-11(7)12(14)15)8-4-3-5-9(6-8)16-2/h3-6H,1-2H3,(H,14,15). The minimum atomic E-state index is -1.12. The molecule has 5 nitrogen and oxygen atoms in total. The zero-order valence-electron chi connectivity index (χ0n) is 9.43. The van der Waals surface area contributed by atoms with Gasteiger partial charge in [-0.1, -0.05) is 17.3 Å². The summed E-state index contributed by atoms with van der Waals surface area (Å²) in [4.78, 5) is 10.8. The molecule has 17 heavy (non-hydrogen) atoms. The molecule has 0 atom stereocenters. The molecule has 5 heteroatoms. The second kappa shape index (κ2) is 4.29. The van der Waals surface area contributed by atoms with Gasteiger partial charge >= 0.3 is 5.97 Å². The van der Waals surface area contributed by atoms with Crippen LogP contribution in [0.2, 0.25) is 0 Å². The Balaban J connectivity index is 2.49. The molecule has 88 valence electrons. The Morgan fingerprint density at radius 3 is 2.82 bits per heavy atom. The molecule has 0 amide bonds. The van der Waals surface area contributed by atoms with Crippen molar-refractivity contribution >= 4 is 5.97 Å². The normalized spacial score (nSPS) is 10.2. The molecule has 0 radical (unpaired) electrons. The number of carboxylic acid groups (broad SMARTS) is 1. The number of aromatic nitrogens is 1. The Bertz CT molecular complexity index is 559. The first kappa shape index (κ1) is 11.2. The van der Waals surface area contributed by atoms with Crippen LogP contribution in [0.15, 0.2) is 28.8 Å². The summed E-state index contributed by atoms with van der Waals surface area (Å²) in [6.45, 7) is 1.66. The first-order chi connectivity index (χ1) is 8.13. The third kappa shape index (κ3) is 1.99. The molecule has 0 spiro atoms. The number of hydrogen-bond donors (Lipinski definition) is 1. The number of carboxylic acids is 1. The van der Waals surface area contributed by atoms with Crippen LogP contribution in [0.1, 0.15) is 16.1 Å². The van der Waals surface area contributed by atoms with E-state index in [1.807, 2.05) is 12.1 Å². The van der Waals surface area contributed by atoms with Crippen molar-refractivity contribution in [2.24, 2.45) is 0 Å². The highest BCUT2D eigenvalue weighted by Crippen LogP contribution is 2.27. The van der Waals surface area contributed by atoms with Gasteiger partial charge in [0.05, 0.1) is 7.11 Å². The fourth-order valence-electron chi connectivity index (χ4n) is 1.57. The van der Waals surface area contributed by atoms with E-state index in [1.54, 1.807) is 26.2 Å². The Labute approximate surface area is 97.6 Å². The van der Waals surface area contributed by atoms with Gasteiger partial charge in [0.1, 0.15) is 11.4 Å². The van der Waals surface area contributed by atoms with E-state index in [2.05, 4.69) is 5.16 Å². The maximum absolute atomic E-state index is 10.8. The molecule has 0 aliphatic rings. The van der Waals surface area contributed by atoms with Crippen molar-refractivity contribution in [3.05, 3.63) is 35.6 Å². The highest BCUT2D eigenvalue weighted by atomic mass is 16.5. The Hall–Kier alpha value is -2.30. The molecule has 0 saturated heterocycles. The van der Waals surface area contributed by atoms with E-state index in [9.17, 15) is 4.79 Å². The van der Waals surface area contributed by atoms with Gasteiger partial charge in [-0.15, -0.1) is 0 Å². The van der Waals surface area contributed by atoms with Crippen LogP contribution in [0.3, 0.4) is 0 Å². The van der Waals surface area contributed by atoms with Gasteiger partial charge in [0.25, 0.3) is 0 Å². The van der Waals surface area contributed by atoms with Crippen molar-refractivity contribution in [1.82, 2.24) is 5.16 Å². The molecule has 0 bridgehead atoms. The van der Waals surface area contributed by atoms with Crippen molar-refractivity contribution < 1.29 is 19.2 Å². The lowest BCUT2D eigenvalue weighted by Crippen LogP contribution is -1.95.